The zero-order chi connectivity index (χ0) is 19.4. The van der Waals surface area contributed by atoms with Crippen molar-refractivity contribution in [3.63, 3.8) is 0 Å². The Morgan fingerprint density at radius 2 is 2.15 bits per heavy atom. The number of hydrogen-bond acceptors (Lipinski definition) is 6. The maximum Gasteiger partial charge on any atom is 0.331 e. The number of carbonyl (C=O) groups is 1. The van der Waals surface area contributed by atoms with Crippen LogP contribution in [0, 0.1) is 10.8 Å². The van der Waals surface area contributed by atoms with Crippen LogP contribution in [-0.2, 0) is 19.0 Å². The normalized spacial score (nSPS) is 48.1. The van der Waals surface area contributed by atoms with Gasteiger partial charge in [0.15, 0.2) is 0 Å². The number of allylic oxidation sites excluding steroid dienone is 3. The van der Waals surface area contributed by atoms with Gasteiger partial charge >= 0.3 is 5.97 Å². The molecule has 4 rings (SSSR count). The first kappa shape index (κ1) is 18.9. The van der Waals surface area contributed by atoms with Crippen molar-refractivity contribution in [1.82, 2.24) is 0 Å². The summed E-state index contributed by atoms with van der Waals surface area (Å²) in [6, 6.07) is 0. The number of hydrogen-bond donors (Lipinski definition) is 2. The summed E-state index contributed by atoms with van der Waals surface area (Å²) in [7, 11) is 0. The fraction of sp³-hybridized carbons (Fsp3) is 0.667. The van der Waals surface area contributed by atoms with Gasteiger partial charge in [-0.3, -0.25) is 0 Å². The Kier molecular flexibility index (Phi) is 4.38. The highest BCUT2D eigenvalue weighted by Gasteiger charge is 2.84. The van der Waals surface area contributed by atoms with Gasteiger partial charge in [-0.05, 0) is 19.8 Å². The molecule has 27 heavy (non-hydrogen) atoms. The number of rotatable bonds is 4. The highest BCUT2D eigenvalue weighted by molar-refractivity contribution is 5.82. The molecule has 148 valence electrons. The first-order valence-electron chi connectivity index (χ1n) is 9.59. The third-order valence-corrected chi connectivity index (χ3v) is 7.39. The Morgan fingerprint density at radius 1 is 1.41 bits per heavy atom. The first-order valence-corrected chi connectivity index (χ1v) is 9.59. The van der Waals surface area contributed by atoms with Crippen molar-refractivity contribution in [2.45, 2.75) is 63.6 Å². The lowest BCUT2D eigenvalue weighted by atomic mass is 9.52. The standard InChI is InChI=1S/C21H28O6/c1-13-8-9-19(2)14(11-13)26-18-16(24)17(20(19,3)21(18)12-25-21)27-15(23)7-5-4-6-10-22/h4-7,11,14,16-18,22,24H,8-10,12H2,1-3H3/b6-4+,7-5-/t14-,16-,17-,18-,19+,20-,21?/m1/s1. The molecule has 0 radical (unpaired) electrons. The SMILES string of the molecule is CC1=C[C@H]2O[C@@H]3[C@H](O)[C@@H](OC(=O)/C=C\C=C\CO)[C@@](C)(C34CO4)[C@@]2(C)CC1. The number of aliphatic hydroxyl groups is 2. The lowest BCUT2D eigenvalue weighted by Gasteiger charge is -2.57. The van der Waals surface area contributed by atoms with Crippen LogP contribution >= 0.6 is 0 Å². The smallest absolute Gasteiger partial charge is 0.331 e. The molecule has 0 aromatic heterocycles. The van der Waals surface area contributed by atoms with Crippen molar-refractivity contribution in [3.05, 3.63) is 36.0 Å². The van der Waals surface area contributed by atoms with Gasteiger partial charge < -0.3 is 24.4 Å². The number of ether oxygens (including phenoxy) is 3. The predicted molar refractivity (Wildman–Crippen MR) is 97.8 cm³/mol. The van der Waals surface area contributed by atoms with E-state index >= 15 is 0 Å². The van der Waals surface area contributed by atoms with Crippen molar-refractivity contribution >= 4 is 5.97 Å². The fourth-order valence-corrected chi connectivity index (χ4v) is 5.51. The van der Waals surface area contributed by atoms with Crippen molar-refractivity contribution in [2.24, 2.45) is 10.8 Å². The molecule has 0 aromatic carbocycles. The summed E-state index contributed by atoms with van der Waals surface area (Å²) >= 11 is 0. The molecule has 3 fully saturated rings. The van der Waals surface area contributed by atoms with Gasteiger partial charge in [0, 0.05) is 16.9 Å². The topological polar surface area (TPSA) is 88.5 Å². The highest BCUT2D eigenvalue weighted by Crippen LogP contribution is 2.71. The zero-order valence-electron chi connectivity index (χ0n) is 16.1. The molecular weight excluding hydrogens is 348 g/mol. The molecule has 2 saturated heterocycles. The summed E-state index contributed by atoms with van der Waals surface area (Å²) in [5.74, 6) is -0.520. The van der Waals surface area contributed by atoms with Crippen molar-refractivity contribution in [1.29, 1.82) is 0 Å². The predicted octanol–water partition coefficient (Wildman–Crippen LogP) is 1.67. The van der Waals surface area contributed by atoms with E-state index in [0.29, 0.717) is 6.61 Å². The number of aliphatic hydroxyl groups excluding tert-OH is 2. The van der Waals surface area contributed by atoms with E-state index in [1.807, 2.05) is 0 Å². The molecule has 7 atom stereocenters. The maximum absolute atomic E-state index is 12.4. The third kappa shape index (κ3) is 2.43. The summed E-state index contributed by atoms with van der Waals surface area (Å²) in [5, 5.41) is 19.8. The summed E-state index contributed by atoms with van der Waals surface area (Å²) < 4.78 is 18.0. The monoisotopic (exact) mass is 376 g/mol. The van der Waals surface area contributed by atoms with Crippen LogP contribution < -0.4 is 0 Å². The van der Waals surface area contributed by atoms with Gasteiger partial charge in [0.2, 0.25) is 0 Å². The molecule has 2 aliphatic heterocycles. The summed E-state index contributed by atoms with van der Waals surface area (Å²) in [6.45, 7) is 6.77. The van der Waals surface area contributed by atoms with E-state index in [9.17, 15) is 9.90 Å². The number of esters is 1. The van der Waals surface area contributed by atoms with E-state index in [0.717, 1.165) is 12.8 Å². The fourth-order valence-electron chi connectivity index (χ4n) is 5.51. The van der Waals surface area contributed by atoms with Crippen molar-refractivity contribution in [2.75, 3.05) is 13.2 Å². The van der Waals surface area contributed by atoms with Gasteiger partial charge in [-0.2, -0.15) is 0 Å². The molecule has 0 amide bonds. The van der Waals surface area contributed by atoms with Crippen LogP contribution in [0.2, 0.25) is 0 Å². The van der Waals surface area contributed by atoms with Gasteiger partial charge in [-0.15, -0.1) is 0 Å². The van der Waals surface area contributed by atoms with Crippen LogP contribution in [0.5, 0.6) is 0 Å². The Morgan fingerprint density at radius 3 is 2.81 bits per heavy atom. The van der Waals surface area contributed by atoms with E-state index in [2.05, 4.69) is 26.8 Å². The van der Waals surface area contributed by atoms with E-state index in [1.165, 1.54) is 23.8 Å². The van der Waals surface area contributed by atoms with Gasteiger partial charge in [0.1, 0.15) is 23.9 Å². The number of epoxide rings is 1. The van der Waals surface area contributed by atoms with Gasteiger partial charge in [0.05, 0.1) is 19.3 Å². The minimum Gasteiger partial charge on any atom is -0.456 e. The molecule has 1 spiro atoms. The molecule has 6 nitrogen and oxygen atoms in total. The molecule has 2 bridgehead atoms. The Bertz CT molecular complexity index is 720. The molecule has 4 aliphatic rings. The van der Waals surface area contributed by atoms with E-state index in [4.69, 9.17) is 19.3 Å². The van der Waals surface area contributed by atoms with Crippen LogP contribution in [0.4, 0.5) is 0 Å². The van der Waals surface area contributed by atoms with Crippen LogP contribution in [0.1, 0.15) is 33.6 Å². The molecule has 2 heterocycles. The van der Waals surface area contributed by atoms with Crippen LogP contribution in [0.25, 0.3) is 0 Å². The number of fused-ring (bicyclic) bond motifs is 2. The molecule has 1 saturated carbocycles. The quantitative estimate of drug-likeness (QED) is 0.255. The van der Waals surface area contributed by atoms with Crippen LogP contribution in [0.15, 0.2) is 36.0 Å². The van der Waals surface area contributed by atoms with E-state index in [1.54, 1.807) is 6.08 Å². The van der Waals surface area contributed by atoms with Gasteiger partial charge in [-0.25, -0.2) is 4.79 Å². The second kappa shape index (κ2) is 6.27. The van der Waals surface area contributed by atoms with E-state index in [-0.39, 0.29) is 18.1 Å². The van der Waals surface area contributed by atoms with E-state index < -0.39 is 35.3 Å². The van der Waals surface area contributed by atoms with Crippen molar-refractivity contribution < 1.29 is 29.2 Å². The molecule has 0 aromatic rings. The minimum absolute atomic E-state index is 0.0929. The summed E-state index contributed by atoms with van der Waals surface area (Å²) in [4.78, 5) is 12.4. The second-order valence-corrected chi connectivity index (χ2v) is 8.61. The summed E-state index contributed by atoms with van der Waals surface area (Å²) in [5.41, 5.74) is -0.158. The number of carbonyl (C=O) groups excluding carboxylic acids is 1. The minimum atomic E-state index is -0.932. The second-order valence-electron chi connectivity index (χ2n) is 8.61. The maximum atomic E-state index is 12.4. The average molecular weight is 376 g/mol. The third-order valence-electron chi connectivity index (χ3n) is 7.39. The largest absolute Gasteiger partial charge is 0.456 e. The average Bonchev–Trinajstić information content (AvgIpc) is 3.41. The highest BCUT2D eigenvalue weighted by atomic mass is 16.6. The first-order chi connectivity index (χ1) is 12.8. The molecule has 1 unspecified atom stereocenters. The lowest BCUT2D eigenvalue weighted by Crippen LogP contribution is -2.63. The molecule has 6 heteroatoms. The summed E-state index contributed by atoms with van der Waals surface area (Å²) in [6.07, 6.45) is 7.65. The van der Waals surface area contributed by atoms with Gasteiger partial charge in [0.25, 0.3) is 0 Å². The lowest BCUT2D eigenvalue weighted by molar-refractivity contribution is -0.210. The zero-order valence-corrected chi connectivity index (χ0v) is 16.1. The van der Waals surface area contributed by atoms with Crippen LogP contribution in [-0.4, -0.2) is 59.4 Å². The molecule has 2 N–H and O–H groups in total. The Hall–Kier alpha value is -1.47. The molecule has 2 aliphatic carbocycles. The van der Waals surface area contributed by atoms with Gasteiger partial charge in [-0.1, -0.05) is 43.7 Å². The van der Waals surface area contributed by atoms with Crippen LogP contribution in [0.3, 0.4) is 0 Å². The Balaban J connectivity index is 1.67. The molecular formula is C21H28O6. The van der Waals surface area contributed by atoms with Crippen molar-refractivity contribution in [3.8, 4) is 0 Å². The Labute approximate surface area is 159 Å².